The van der Waals surface area contributed by atoms with Crippen molar-refractivity contribution in [2.75, 3.05) is 0 Å². The Morgan fingerprint density at radius 1 is 0.739 bits per heavy atom. The Hall–Kier alpha value is -2.01. The molecule has 23 heavy (non-hydrogen) atoms. The Balaban J connectivity index is 2.88. The molecule has 0 aliphatic carbocycles. The summed E-state index contributed by atoms with van der Waals surface area (Å²) in [5, 5.41) is 20.4. The van der Waals surface area contributed by atoms with E-state index in [1.54, 1.807) is 33.8 Å². The molecule has 0 saturated carbocycles. The molecular weight excluding hydrogens is 312 g/mol. The van der Waals surface area contributed by atoms with Crippen LogP contribution in [-0.4, -0.2) is 18.6 Å². The molecule has 0 aliphatic heterocycles. The number of phenolic OH excluding ortho intramolecular Hbond substituents is 2. The van der Waals surface area contributed by atoms with Gasteiger partial charge in [0.1, 0.15) is 16.4 Å². The van der Waals surface area contributed by atoms with Crippen molar-refractivity contribution >= 4 is 9.84 Å². The number of sulfone groups is 1. The Kier molecular flexibility index (Phi) is 4.20. The molecule has 0 bridgehead atoms. The zero-order valence-corrected chi connectivity index (χ0v) is 15.1. The van der Waals surface area contributed by atoms with Gasteiger partial charge < -0.3 is 10.2 Å². The molecule has 5 heteroatoms. The second-order valence-corrected chi connectivity index (χ2v) is 7.94. The lowest BCUT2D eigenvalue weighted by Crippen LogP contribution is -2.09. The van der Waals surface area contributed by atoms with E-state index in [1.165, 1.54) is 6.07 Å². The van der Waals surface area contributed by atoms with Crippen LogP contribution in [0.2, 0.25) is 0 Å². The second kappa shape index (κ2) is 5.57. The van der Waals surface area contributed by atoms with Gasteiger partial charge in [-0.1, -0.05) is 0 Å². The minimum absolute atomic E-state index is 0.0236. The molecule has 0 radical (unpaired) electrons. The van der Waals surface area contributed by atoms with E-state index in [4.69, 9.17) is 0 Å². The highest BCUT2D eigenvalue weighted by Gasteiger charge is 2.28. The second-order valence-electron chi connectivity index (χ2n) is 6.09. The summed E-state index contributed by atoms with van der Waals surface area (Å²) < 4.78 is 26.2. The third kappa shape index (κ3) is 2.59. The highest BCUT2D eigenvalue weighted by Crippen LogP contribution is 2.39. The number of hydrogen-bond acceptors (Lipinski definition) is 4. The van der Waals surface area contributed by atoms with E-state index < -0.39 is 9.84 Å². The Bertz CT molecular complexity index is 910. The van der Waals surface area contributed by atoms with Gasteiger partial charge in [0.25, 0.3) is 0 Å². The summed E-state index contributed by atoms with van der Waals surface area (Å²) in [7, 11) is -3.94. The Morgan fingerprint density at radius 2 is 1.26 bits per heavy atom. The summed E-state index contributed by atoms with van der Waals surface area (Å²) >= 11 is 0. The third-order valence-corrected chi connectivity index (χ3v) is 6.71. The molecule has 0 atom stereocenters. The first kappa shape index (κ1) is 17.3. The van der Waals surface area contributed by atoms with Crippen LogP contribution in [0.4, 0.5) is 0 Å². The van der Waals surface area contributed by atoms with Crippen LogP contribution in [0.15, 0.2) is 21.9 Å². The van der Waals surface area contributed by atoms with E-state index in [2.05, 4.69) is 0 Å². The van der Waals surface area contributed by atoms with Crippen molar-refractivity contribution < 1.29 is 18.6 Å². The number of phenols is 2. The maximum atomic E-state index is 13.1. The fraction of sp³-hybridized carbons (Fsp3) is 0.333. The van der Waals surface area contributed by atoms with Crippen molar-refractivity contribution in [3.8, 4) is 11.5 Å². The topological polar surface area (TPSA) is 74.6 Å². The largest absolute Gasteiger partial charge is 0.507 e. The summed E-state index contributed by atoms with van der Waals surface area (Å²) in [6.45, 7) is 10.4. The molecule has 0 unspecified atom stereocenters. The molecule has 2 aromatic rings. The maximum absolute atomic E-state index is 13.1. The molecule has 2 aromatic carbocycles. The number of aromatic hydroxyl groups is 2. The third-order valence-electron chi connectivity index (χ3n) is 4.66. The number of hydrogen-bond donors (Lipinski definition) is 2. The highest BCUT2D eigenvalue weighted by atomic mass is 32.2. The standard InChI is InChI=1S/C18H22O4S/c1-9-7-15(19)18(13(5)11(9)3)23(21,22)16-8-10(2)12(4)17(20)14(16)6/h7-8,19-20H,1-6H3. The predicted molar refractivity (Wildman–Crippen MR) is 90.1 cm³/mol. The van der Waals surface area contributed by atoms with Gasteiger partial charge in [-0.25, -0.2) is 8.42 Å². The molecule has 0 spiro atoms. The molecule has 2 N–H and O–H groups in total. The molecule has 0 saturated heterocycles. The van der Waals surface area contributed by atoms with E-state index in [0.29, 0.717) is 22.3 Å². The highest BCUT2D eigenvalue weighted by molar-refractivity contribution is 7.91. The fourth-order valence-corrected chi connectivity index (χ4v) is 4.71. The lowest BCUT2D eigenvalue weighted by molar-refractivity contribution is 0.455. The number of rotatable bonds is 2. The zero-order valence-electron chi connectivity index (χ0n) is 14.3. The van der Waals surface area contributed by atoms with Crippen LogP contribution in [0.3, 0.4) is 0 Å². The van der Waals surface area contributed by atoms with E-state index in [0.717, 1.165) is 11.1 Å². The van der Waals surface area contributed by atoms with Crippen molar-refractivity contribution in [3.05, 3.63) is 45.5 Å². The van der Waals surface area contributed by atoms with Gasteiger partial charge >= 0.3 is 0 Å². The van der Waals surface area contributed by atoms with Crippen molar-refractivity contribution in [3.63, 3.8) is 0 Å². The zero-order chi connectivity index (χ0) is 17.7. The average Bonchev–Trinajstić information content (AvgIpc) is 2.46. The summed E-state index contributed by atoms with van der Waals surface area (Å²) in [5.41, 5.74) is 3.82. The van der Waals surface area contributed by atoms with Crippen molar-refractivity contribution in [1.82, 2.24) is 0 Å². The Labute approximate surface area is 137 Å². The summed E-state index contributed by atoms with van der Waals surface area (Å²) in [5.74, 6) is -0.285. The van der Waals surface area contributed by atoms with E-state index in [1.807, 2.05) is 13.8 Å². The minimum atomic E-state index is -3.94. The lowest BCUT2D eigenvalue weighted by atomic mass is 10.0. The molecular formula is C18H22O4S. The summed E-state index contributed by atoms with van der Waals surface area (Å²) in [6, 6.07) is 3.01. The Morgan fingerprint density at radius 3 is 1.83 bits per heavy atom. The first-order valence-electron chi connectivity index (χ1n) is 7.34. The summed E-state index contributed by atoms with van der Waals surface area (Å²) in [6.07, 6.45) is 0. The molecule has 2 rings (SSSR count). The lowest BCUT2D eigenvalue weighted by Gasteiger charge is -2.17. The first-order chi connectivity index (χ1) is 10.5. The average molecular weight is 334 g/mol. The molecule has 0 heterocycles. The summed E-state index contributed by atoms with van der Waals surface area (Å²) in [4.78, 5) is -0.0638. The molecule has 0 aliphatic rings. The molecule has 124 valence electrons. The first-order valence-corrected chi connectivity index (χ1v) is 8.83. The van der Waals surface area contributed by atoms with Crippen LogP contribution < -0.4 is 0 Å². The van der Waals surface area contributed by atoms with Crippen LogP contribution in [0.25, 0.3) is 0 Å². The minimum Gasteiger partial charge on any atom is -0.507 e. The fourth-order valence-electron chi connectivity index (χ4n) is 2.76. The van der Waals surface area contributed by atoms with E-state index in [-0.39, 0.29) is 21.3 Å². The van der Waals surface area contributed by atoms with Gasteiger partial charge in [-0.3, -0.25) is 0 Å². The van der Waals surface area contributed by atoms with Gasteiger partial charge in [-0.15, -0.1) is 0 Å². The molecule has 0 amide bonds. The monoisotopic (exact) mass is 334 g/mol. The molecule has 4 nitrogen and oxygen atoms in total. The van der Waals surface area contributed by atoms with Crippen LogP contribution in [-0.2, 0) is 9.84 Å². The molecule has 0 aromatic heterocycles. The van der Waals surface area contributed by atoms with Crippen LogP contribution in [0.1, 0.15) is 33.4 Å². The predicted octanol–water partition coefficient (Wildman–Crippen LogP) is 3.78. The van der Waals surface area contributed by atoms with E-state index in [9.17, 15) is 18.6 Å². The number of aryl methyl sites for hydroxylation is 2. The van der Waals surface area contributed by atoms with Gasteiger partial charge in [0.05, 0.1) is 4.90 Å². The van der Waals surface area contributed by atoms with Crippen molar-refractivity contribution in [2.24, 2.45) is 0 Å². The van der Waals surface area contributed by atoms with Gasteiger partial charge in [-0.2, -0.15) is 0 Å². The van der Waals surface area contributed by atoms with Crippen molar-refractivity contribution in [2.45, 2.75) is 51.3 Å². The maximum Gasteiger partial charge on any atom is 0.210 e. The normalized spacial score (nSPS) is 11.7. The van der Waals surface area contributed by atoms with Gasteiger partial charge in [0.15, 0.2) is 0 Å². The number of benzene rings is 2. The smallest absolute Gasteiger partial charge is 0.210 e. The van der Waals surface area contributed by atoms with Crippen LogP contribution in [0, 0.1) is 41.5 Å². The van der Waals surface area contributed by atoms with Crippen LogP contribution >= 0.6 is 0 Å². The molecule has 0 fully saturated rings. The van der Waals surface area contributed by atoms with Gasteiger partial charge in [0, 0.05) is 5.56 Å². The SMILES string of the molecule is Cc1cc(O)c(S(=O)(=O)c2cc(C)c(C)c(O)c2C)c(C)c1C. The van der Waals surface area contributed by atoms with Gasteiger partial charge in [0.2, 0.25) is 9.84 Å². The van der Waals surface area contributed by atoms with Crippen LogP contribution in [0.5, 0.6) is 11.5 Å². The van der Waals surface area contributed by atoms with Crippen molar-refractivity contribution in [1.29, 1.82) is 0 Å². The van der Waals surface area contributed by atoms with Gasteiger partial charge in [-0.05, 0) is 81.5 Å². The quantitative estimate of drug-likeness (QED) is 0.876. The van der Waals surface area contributed by atoms with E-state index >= 15 is 0 Å².